The van der Waals surface area contributed by atoms with Crippen LogP contribution in [0.25, 0.3) is 0 Å². The second-order valence-electron chi connectivity index (χ2n) is 6.55. The second-order valence-corrected chi connectivity index (χ2v) is 6.55. The van der Waals surface area contributed by atoms with E-state index in [-0.39, 0.29) is 16.8 Å². The summed E-state index contributed by atoms with van der Waals surface area (Å²) >= 11 is 0. The molecular formula is C20H17NO3. The van der Waals surface area contributed by atoms with Gasteiger partial charge in [-0.05, 0) is 47.6 Å². The molecule has 0 atom stereocenters. The molecule has 0 spiro atoms. The molecule has 0 amide bonds. The first-order chi connectivity index (χ1) is 11.4. The van der Waals surface area contributed by atoms with Crippen LogP contribution in [0.3, 0.4) is 0 Å². The van der Waals surface area contributed by atoms with Crippen LogP contribution in [0.1, 0.15) is 64.2 Å². The lowest BCUT2D eigenvalue weighted by molar-refractivity contribution is 0.0696. The van der Waals surface area contributed by atoms with Crippen LogP contribution in [0, 0.1) is 11.8 Å². The highest BCUT2D eigenvalue weighted by molar-refractivity contribution is 5.99. The summed E-state index contributed by atoms with van der Waals surface area (Å²) in [4.78, 5) is 27.0. The molecule has 1 aliphatic rings. The number of ketones is 1. The van der Waals surface area contributed by atoms with Gasteiger partial charge in [0, 0.05) is 23.7 Å². The van der Waals surface area contributed by atoms with Gasteiger partial charge in [-0.2, -0.15) is 0 Å². The third-order valence-corrected chi connectivity index (χ3v) is 4.37. The van der Waals surface area contributed by atoms with E-state index in [1.54, 1.807) is 6.07 Å². The number of benzene rings is 1. The van der Waals surface area contributed by atoms with Crippen molar-refractivity contribution in [1.29, 1.82) is 0 Å². The predicted octanol–water partition coefficient (Wildman–Crippen LogP) is 3.43. The lowest BCUT2D eigenvalue weighted by Crippen LogP contribution is -2.27. The number of carbonyl (C=O) groups is 2. The summed E-state index contributed by atoms with van der Waals surface area (Å²) in [6, 6.07) is 8.79. The first-order valence-corrected chi connectivity index (χ1v) is 7.76. The Kier molecular flexibility index (Phi) is 3.94. The number of hydrogen-bond acceptors (Lipinski definition) is 3. The summed E-state index contributed by atoms with van der Waals surface area (Å²) in [6.45, 7) is 4.30. The van der Waals surface area contributed by atoms with Gasteiger partial charge in [0.15, 0.2) is 5.78 Å². The van der Waals surface area contributed by atoms with Crippen LogP contribution in [0.2, 0.25) is 0 Å². The zero-order valence-electron chi connectivity index (χ0n) is 13.6. The molecule has 0 fully saturated rings. The highest BCUT2D eigenvalue weighted by Gasteiger charge is 2.31. The van der Waals surface area contributed by atoms with Crippen LogP contribution in [0.15, 0.2) is 36.5 Å². The largest absolute Gasteiger partial charge is 0.478 e. The zero-order chi connectivity index (χ0) is 17.3. The van der Waals surface area contributed by atoms with E-state index < -0.39 is 5.97 Å². The van der Waals surface area contributed by atoms with Gasteiger partial charge >= 0.3 is 5.97 Å². The van der Waals surface area contributed by atoms with Crippen molar-refractivity contribution >= 4 is 11.8 Å². The minimum atomic E-state index is -1.02. The van der Waals surface area contributed by atoms with Gasteiger partial charge in [0.2, 0.25) is 0 Å². The Hall–Kier alpha value is -2.93. The van der Waals surface area contributed by atoms with E-state index in [1.807, 2.05) is 18.2 Å². The Morgan fingerprint density at radius 2 is 2.00 bits per heavy atom. The van der Waals surface area contributed by atoms with Crippen LogP contribution in [0.4, 0.5) is 0 Å². The molecule has 3 rings (SSSR count). The number of aromatic nitrogens is 1. The third-order valence-electron chi connectivity index (χ3n) is 4.37. The molecule has 0 saturated carbocycles. The van der Waals surface area contributed by atoms with Crippen molar-refractivity contribution in [2.24, 2.45) is 0 Å². The molecule has 1 N–H and O–H groups in total. The van der Waals surface area contributed by atoms with Crippen molar-refractivity contribution in [3.63, 3.8) is 0 Å². The molecule has 2 aromatic rings. The number of Topliss-reactive ketones (excluding diaryl/α,β-unsaturated/α-hetero) is 1. The SMILES string of the molecule is CC1(C)CCC(=O)c2cc(C#Cc3ccc(C(=O)O)cn3)ccc21. The van der Waals surface area contributed by atoms with Crippen LogP contribution < -0.4 is 0 Å². The molecule has 1 aliphatic carbocycles. The molecule has 4 heteroatoms. The predicted molar refractivity (Wildman–Crippen MR) is 90.2 cm³/mol. The fourth-order valence-electron chi connectivity index (χ4n) is 2.87. The number of carboxylic acid groups (broad SMARTS) is 1. The molecule has 0 radical (unpaired) electrons. The van der Waals surface area contributed by atoms with Crippen molar-refractivity contribution in [3.8, 4) is 11.8 Å². The lowest BCUT2D eigenvalue weighted by Gasteiger charge is -2.31. The second kappa shape index (κ2) is 5.93. The van der Waals surface area contributed by atoms with Crippen molar-refractivity contribution in [1.82, 2.24) is 4.98 Å². The van der Waals surface area contributed by atoms with Crippen molar-refractivity contribution in [2.75, 3.05) is 0 Å². The molecule has 1 aromatic heterocycles. The molecule has 0 aliphatic heterocycles. The van der Waals surface area contributed by atoms with Gasteiger partial charge in [-0.3, -0.25) is 4.79 Å². The van der Waals surface area contributed by atoms with Gasteiger partial charge in [-0.15, -0.1) is 0 Å². The minimum Gasteiger partial charge on any atom is -0.478 e. The summed E-state index contributed by atoms with van der Waals surface area (Å²) in [7, 11) is 0. The molecule has 4 nitrogen and oxygen atoms in total. The molecule has 1 heterocycles. The first kappa shape index (κ1) is 15.9. The van der Waals surface area contributed by atoms with Gasteiger partial charge in [-0.1, -0.05) is 25.8 Å². The molecule has 0 unspecified atom stereocenters. The van der Waals surface area contributed by atoms with Gasteiger partial charge in [0.1, 0.15) is 5.69 Å². The smallest absolute Gasteiger partial charge is 0.337 e. The minimum absolute atomic E-state index is 0.00339. The van der Waals surface area contributed by atoms with Crippen LogP contribution >= 0.6 is 0 Å². The van der Waals surface area contributed by atoms with Gasteiger partial charge in [0.25, 0.3) is 0 Å². The number of pyridine rings is 1. The van der Waals surface area contributed by atoms with Gasteiger partial charge in [-0.25, -0.2) is 9.78 Å². The number of hydrogen-bond donors (Lipinski definition) is 1. The van der Waals surface area contributed by atoms with E-state index in [4.69, 9.17) is 5.11 Å². The van der Waals surface area contributed by atoms with Crippen LogP contribution in [-0.2, 0) is 5.41 Å². The summed E-state index contributed by atoms with van der Waals surface area (Å²) in [5.74, 6) is 5.05. The zero-order valence-corrected chi connectivity index (χ0v) is 13.6. The van der Waals surface area contributed by atoms with Crippen molar-refractivity contribution in [2.45, 2.75) is 32.1 Å². The average molecular weight is 319 g/mol. The highest BCUT2D eigenvalue weighted by atomic mass is 16.4. The van der Waals surface area contributed by atoms with E-state index in [1.165, 1.54) is 12.3 Å². The Balaban J connectivity index is 1.91. The molecule has 120 valence electrons. The normalized spacial score (nSPS) is 15.2. The van der Waals surface area contributed by atoms with Crippen molar-refractivity contribution in [3.05, 3.63) is 64.5 Å². The lowest BCUT2D eigenvalue weighted by atomic mass is 9.72. The fraction of sp³-hybridized carbons (Fsp3) is 0.250. The maximum absolute atomic E-state index is 12.2. The topological polar surface area (TPSA) is 67.3 Å². The average Bonchev–Trinajstić information content (AvgIpc) is 2.57. The summed E-state index contributed by atoms with van der Waals surface area (Å²) in [5.41, 5.74) is 3.21. The molecule has 0 saturated heterocycles. The quantitative estimate of drug-likeness (QED) is 0.818. The summed E-state index contributed by atoms with van der Waals surface area (Å²) in [6.07, 6.45) is 2.71. The highest BCUT2D eigenvalue weighted by Crippen LogP contribution is 2.36. The maximum Gasteiger partial charge on any atom is 0.337 e. The Morgan fingerprint density at radius 3 is 2.67 bits per heavy atom. The maximum atomic E-state index is 12.2. The van der Waals surface area contributed by atoms with Gasteiger partial charge < -0.3 is 5.11 Å². The van der Waals surface area contributed by atoms with Crippen LogP contribution in [0.5, 0.6) is 0 Å². The van der Waals surface area contributed by atoms with E-state index in [2.05, 4.69) is 30.7 Å². The number of fused-ring (bicyclic) bond motifs is 1. The first-order valence-electron chi connectivity index (χ1n) is 7.76. The van der Waals surface area contributed by atoms with Crippen LogP contribution in [-0.4, -0.2) is 21.8 Å². The number of aromatic carboxylic acids is 1. The number of nitrogens with zero attached hydrogens (tertiary/aromatic N) is 1. The number of carbonyl (C=O) groups excluding carboxylic acids is 1. The van der Waals surface area contributed by atoms with Crippen molar-refractivity contribution < 1.29 is 14.7 Å². The Bertz CT molecular complexity index is 883. The van der Waals surface area contributed by atoms with Gasteiger partial charge in [0.05, 0.1) is 5.56 Å². The molecule has 1 aromatic carbocycles. The monoisotopic (exact) mass is 319 g/mol. The van der Waals surface area contributed by atoms with E-state index in [0.29, 0.717) is 12.1 Å². The van der Waals surface area contributed by atoms with E-state index >= 15 is 0 Å². The summed E-state index contributed by atoms with van der Waals surface area (Å²) in [5, 5.41) is 8.86. The number of carboxylic acids is 1. The Labute approximate surface area is 140 Å². The molecular weight excluding hydrogens is 302 g/mol. The number of rotatable bonds is 1. The molecule has 24 heavy (non-hydrogen) atoms. The molecule has 0 bridgehead atoms. The standard InChI is InChI=1S/C20H17NO3/c1-20(2)10-9-18(22)16-11-13(4-8-17(16)20)3-6-15-7-5-14(12-21-15)19(23)24/h4-5,7-8,11-12H,9-10H2,1-2H3,(H,23,24). The van der Waals surface area contributed by atoms with E-state index in [9.17, 15) is 9.59 Å². The third kappa shape index (κ3) is 3.07. The summed E-state index contributed by atoms with van der Waals surface area (Å²) < 4.78 is 0. The Morgan fingerprint density at radius 1 is 1.21 bits per heavy atom. The van der Waals surface area contributed by atoms with E-state index in [0.717, 1.165) is 23.1 Å². The fourth-order valence-corrected chi connectivity index (χ4v) is 2.87.